The number of halogens is 5. The Kier molecular flexibility index (Phi) is 3.01. The molecule has 0 aliphatic carbocycles. The van der Waals surface area contributed by atoms with Gasteiger partial charge in [0, 0.05) is 0 Å². The summed E-state index contributed by atoms with van der Waals surface area (Å²) in [5.41, 5.74) is -2.62. The molecule has 0 unspecified atom stereocenters. The van der Waals surface area contributed by atoms with E-state index in [9.17, 15) is 22.0 Å². The molecule has 0 aromatic carbocycles. The first-order valence-electron chi connectivity index (χ1n) is 3.79. The fourth-order valence-electron chi connectivity index (χ4n) is 0.892. The van der Waals surface area contributed by atoms with E-state index >= 15 is 0 Å². The molecule has 15 heavy (non-hydrogen) atoms. The van der Waals surface area contributed by atoms with Crippen molar-refractivity contribution in [2.45, 2.75) is 13.1 Å². The van der Waals surface area contributed by atoms with E-state index in [1.807, 2.05) is 0 Å². The summed E-state index contributed by atoms with van der Waals surface area (Å²) in [5.74, 6) is -1.68. The van der Waals surface area contributed by atoms with Crippen molar-refractivity contribution in [1.29, 1.82) is 0 Å². The van der Waals surface area contributed by atoms with Crippen LogP contribution >= 0.6 is 0 Å². The van der Waals surface area contributed by atoms with E-state index in [1.165, 1.54) is 13.0 Å². The molecular formula is C8H5F5N2. The van der Waals surface area contributed by atoms with Gasteiger partial charge in [0.15, 0.2) is 11.5 Å². The fraction of sp³-hybridized carbons (Fsp3) is 0.250. The molecule has 0 atom stereocenters. The predicted octanol–water partition coefficient (Wildman–Crippen LogP) is 2.81. The molecule has 0 amide bonds. The molecule has 0 radical (unpaired) electrons. The number of nitrogens with zero attached hydrogens (tertiary/aromatic N) is 2. The predicted molar refractivity (Wildman–Crippen MR) is 41.7 cm³/mol. The molecule has 7 heteroatoms. The van der Waals surface area contributed by atoms with Crippen LogP contribution in [0.1, 0.15) is 18.3 Å². The van der Waals surface area contributed by atoms with Crippen LogP contribution in [0.4, 0.5) is 22.0 Å². The molecule has 2 nitrogen and oxygen atoms in total. The van der Waals surface area contributed by atoms with Crippen molar-refractivity contribution in [2.75, 3.05) is 0 Å². The summed E-state index contributed by atoms with van der Waals surface area (Å²) in [6, 6.07) is 0. The van der Waals surface area contributed by atoms with Gasteiger partial charge in [-0.3, -0.25) is 0 Å². The minimum Gasteiger partial charge on any atom is -0.202 e. The third-order valence-corrected chi connectivity index (χ3v) is 1.44. The van der Waals surface area contributed by atoms with Crippen molar-refractivity contribution in [2.24, 2.45) is 0 Å². The van der Waals surface area contributed by atoms with Crippen molar-refractivity contribution in [1.82, 2.24) is 9.97 Å². The summed E-state index contributed by atoms with van der Waals surface area (Å²) in [5, 5.41) is 0. The maximum atomic E-state index is 13.1. The minimum absolute atomic E-state index is 0.725. The molecule has 0 aliphatic heterocycles. The maximum absolute atomic E-state index is 13.1. The lowest BCUT2D eigenvalue weighted by Gasteiger charge is -2.07. The van der Waals surface area contributed by atoms with Crippen LogP contribution in [0.25, 0.3) is 6.08 Å². The number of alkyl halides is 3. The summed E-state index contributed by atoms with van der Waals surface area (Å²) in [6.07, 6.45) is -4.48. The van der Waals surface area contributed by atoms with Crippen LogP contribution in [-0.2, 0) is 6.18 Å². The molecule has 0 N–H and O–H groups in total. The lowest BCUT2D eigenvalue weighted by atomic mass is 10.3. The number of allylic oxidation sites excluding steroid dienone is 1. The summed E-state index contributed by atoms with van der Waals surface area (Å²) < 4.78 is 62.0. The largest absolute Gasteiger partial charge is 0.436 e. The average Bonchev–Trinajstić information content (AvgIpc) is 2.09. The Morgan fingerprint density at radius 2 is 1.73 bits per heavy atom. The highest BCUT2D eigenvalue weighted by Gasteiger charge is 2.38. The summed E-state index contributed by atoms with van der Waals surface area (Å²) >= 11 is 0. The average molecular weight is 224 g/mol. The first kappa shape index (κ1) is 11.5. The lowest BCUT2D eigenvalue weighted by molar-refractivity contribution is -0.144. The van der Waals surface area contributed by atoms with Gasteiger partial charge in [-0.05, 0) is 13.0 Å². The third kappa shape index (κ3) is 2.48. The lowest BCUT2D eigenvalue weighted by Crippen LogP contribution is -2.15. The van der Waals surface area contributed by atoms with Crippen LogP contribution < -0.4 is 0 Å². The Labute approximate surface area is 81.5 Å². The van der Waals surface area contributed by atoms with Gasteiger partial charge >= 0.3 is 12.3 Å². The van der Waals surface area contributed by atoms with E-state index in [0.717, 1.165) is 6.08 Å². The summed E-state index contributed by atoms with van der Waals surface area (Å²) in [6.45, 7) is 1.44. The highest BCUT2D eigenvalue weighted by molar-refractivity contribution is 5.45. The number of rotatable bonds is 1. The molecule has 0 saturated carbocycles. The van der Waals surface area contributed by atoms with Gasteiger partial charge in [-0.15, -0.1) is 0 Å². The Bertz CT molecular complexity index is 397. The zero-order valence-corrected chi connectivity index (χ0v) is 7.44. The second-order valence-corrected chi connectivity index (χ2v) is 2.54. The Morgan fingerprint density at radius 1 is 1.13 bits per heavy atom. The van der Waals surface area contributed by atoms with Crippen molar-refractivity contribution < 1.29 is 22.0 Å². The van der Waals surface area contributed by atoms with Crippen molar-refractivity contribution in [3.63, 3.8) is 0 Å². The van der Waals surface area contributed by atoms with E-state index < -0.39 is 29.5 Å². The van der Waals surface area contributed by atoms with Gasteiger partial charge in [0.05, 0.1) is 0 Å². The fourth-order valence-corrected chi connectivity index (χ4v) is 0.892. The number of hydrogen-bond acceptors (Lipinski definition) is 2. The third-order valence-electron chi connectivity index (χ3n) is 1.44. The highest BCUT2D eigenvalue weighted by Crippen LogP contribution is 2.30. The van der Waals surface area contributed by atoms with E-state index in [1.54, 1.807) is 0 Å². The quantitative estimate of drug-likeness (QED) is 0.541. The van der Waals surface area contributed by atoms with Crippen LogP contribution in [0.2, 0.25) is 0 Å². The van der Waals surface area contributed by atoms with E-state index in [-0.39, 0.29) is 0 Å². The SMILES string of the molecule is CC=Cc1nc(F)nc(C(F)(F)F)c1F. The molecule has 0 bridgehead atoms. The number of hydrogen-bond donors (Lipinski definition) is 0. The highest BCUT2D eigenvalue weighted by atomic mass is 19.4. The molecule has 1 rings (SSSR count). The van der Waals surface area contributed by atoms with Crippen LogP contribution in [0.15, 0.2) is 6.08 Å². The van der Waals surface area contributed by atoms with Gasteiger partial charge < -0.3 is 0 Å². The summed E-state index contributed by atoms with van der Waals surface area (Å²) in [7, 11) is 0. The normalized spacial score (nSPS) is 12.4. The molecule has 1 heterocycles. The van der Waals surface area contributed by atoms with E-state index in [2.05, 4.69) is 9.97 Å². The topological polar surface area (TPSA) is 25.8 Å². The zero-order chi connectivity index (χ0) is 11.6. The van der Waals surface area contributed by atoms with Gasteiger partial charge in [0.1, 0.15) is 5.69 Å². The van der Waals surface area contributed by atoms with Crippen molar-refractivity contribution >= 4 is 6.08 Å². The van der Waals surface area contributed by atoms with Crippen LogP contribution in [0.5, 0.6) is 0 Å². The van der Waals surface area contributed by atoms with Gasteiger partial charge in [0.2, 0.25) is 0 Å². The standard InChI is InChI=1S/C8H5F5N2/c1-2-3-4-5(9)6(8(11,12)13)15-7(10)14-4/h2-3H,1H3. The second kappa shape index (κ2) is 3.92. The van der Waals surface area contributed by atoms with Crippen molar-refractivity contribution in [3.05, 3.63) is 29.4 Å². The molecule has 1 aromatic heterocycles. The Balaban J connectivity index is 3.41. The minimum atomic E-state index is -5.04. The van der Waals surface area contributed by atoms with Gasteiger partial charge in [0.25, 0.3) is 0 Å². The molecule has 0 saturated heterocycles. The second-order valence-electron chi connectivity index (χ2n) is 2.54. The number of aromatic nitrogens is 2. The van der Waals surface area contributed by atoms with Crippen molar-refractivity contribution in [3.8, 4) is 0 Å². The van der Waals surface area contributed by atoms with Crippen LogP contribution in [0, 0.1) is 11.9 Å². The molecule has 0 aliphatic rings. The van der Waals surface area contributed by atoms with E-state index in [0.29, 0.717) is 0 Å². The van der Waals surface area contributed by atoms with Gasteiger partial charge in [-0.1, -0.05) is 6.08 Å². The van der Waals surface area contributed by atoms with Crippen LogP contribution in [0.3, 0.4) is 0 Å². The molecule has 82 valence electrons. The maximum Gasteiger partial charge on any atom is 0.436 e. The van der Waals surface area contributed by atoms with Crippen LogP contribution in [-0.4, -0.2) is 9.97 Å². The first-order valence-corrected chi connectivity index (χ1v) is 3.79. The molecule has 1 aromatic rings. The molecule has 0 spiro atoms. The van der Waals surface area contributed by atoms with Gasteiger partial charge in [-0.25, -0.2) is 4.39 Å². The van der Waals surface area contributed by atoms with Gasteiger partial charge in [-0.2, -0.15) is 27.5 Å². The first-order chi connectivity index (χ1) is 6.86. The zero-order valence-electron chi connectivity index (χ0n) is 7.44. The Hall–Kier alpha value is -1.53. The molecule has 0 fully saturated rings. The smallest absolute Gasteiger partial charge is 0.202 e. The van der Waals surface area contributed by atoms with E-state index in [4.69, 9.17) is 0 Å². The molecular weight excluding hydrogens is 219 g/mol. The Morgan fingerprint density at radius 3 is 2.20 bits per heavy atom. The monoisotopic (exact) mass is 224 g/mol. The summed E-state index contributed by atoms with van der Waals surface area (Å²) in [4.78, 5) is 5.27.